The molecule has 0 atom stereocenters. The molecule has 3 N–H and O–H groups in total. The Balaban J connectivity index is 2.33. The fraction of sp³-hybridized carbons (Fsp3) is 0.235. The van der Waals surface area contributed by atoms with E-state index in [1.54, 1.807) is 6.07 Å². The Bertz CT molecular complexity index is 675. The van der Waals surface area contributed by atoms with Crippen molar-refractivity contribution in [2.75, 3.05) is 11.1 Å². The second-order valence-electron chi connectivity index (χ2n) is 5.23. The van der Waals surface area contributed by atoms with E-state index in [2.05, 4.69) is 5.32 Å². The maximum Gasteiger partial charge on any atom is 0.256 e. The first-order chi connectivity index (χ1) is 9.40. The number of carbonyl (C=O) groups is 1. The minimum atomic E-state index is -0.122. The highest BCUT2D eigenvalue weighted by Crippen LogP contribution is 2.22. The van der Waals surface area contributed by atoms with Gasteiger partial charge >= 0.3 is 0 Å². The van der Waals surface area contributed by atoms with E-state index in [0.717, 1.165) is 27.9 Å². The number of nitrogen functional groups attached to an aromatic ring is 1. The monoisotopic (exact) mass is 268 g/mol. The Labute approximate surface area is 119 Å². The zero-order chi connectivity index (χ0) is 14.9. The molecule has 0 saturated carbocycles. The number of hydrogen-bond acceptors (Lipinski definition) is 2. The van der Waals surface area contributed by atoms with Crippen molar-refractivity contribution in [2.45, 2.75) is 27.7 Å². The van der Waals surface area contributed by atoms with Crippen LogP contribution in [0.2, 0.25) is 0 Å². The average Bonchev–Trinajstić information content (AvgIpc) is 2.39. The number of anilines is 2. The van der Waals surface area contributed by atoms with Crippen LogP contribution in [0.3, 0.4) is 0 Å². The van der Waals surface area contributed by atoms with Gasteiger partial charge in [-0.2, -0.15) is 0 Å². The van der Waals surface area contributed by atoms with E-state index in [1.807, 2.05) is 52.0 Å². The van der Waals surface area contributed by atoms with Gasteiger partial charge < -0.3 is 11.1 Å². The van der Waals surface area contributed by atoms with E-state index >= 15 is 0 Å². The second-order valence-corrected chi connectivity index (χ2v) is 5.23. The first kappa shape index (κ1) is 14.1. The van der Waals surface area contributed by atoms with E-state index in [1.165, 1.54) is 0 Å². The van der Waals surface area contributed by atoms with Gasteiger partial charge in [-0.1, -0.05) is 18.2 Å². The van der Waals surface area contributed by atoms with Gasteiger partial charge in [0.15, 0.2) is 0 Å². The zero-order valence-electron chi connectivity index (χ0n) is 12.4. The molecule has 0 unspecified atom stereocenters. The van der Waals surface area contributed by atoms with Gasteiger partial charge in [-0.25, -0.2) is 0 Å². The molecule has 20 heavy (non-hydrogen) atoms. The van der Waals surface area contributed by atoms with Crippen molar-refractivity contribution in [3.8, 4) is 0 Å². The minimum Gasteiger partial charge on any atom is -0.398 e. The van der Waals surface area contributed by atoms with Crippen molar-refractivity contribution >= 4 is 17.3 Å². The number of rotatable bonds is 2. The summed E-state index contributed by atoms with van der Waals surface area (Å²) in [7, 11) is 0. The lowest BCUT2D eigenvalue weighted by atomic mass is 10.0. The summed E-state index contributed by atoms with van der Waals surface area (Å²) in [6.07, 6.45) is 0. The Hall–Kier alpha value is -2.29. The molecular weight excluding hydrogens is 248 g/mol. The topological polar surface area (TPSA) is 55.1 Å². The van der Waals surface area contributed by atoms with Gasteiger partial charge in [-0.15, -0.1) is 0 Å². The van der Waals surface area contributed by atoms with Crippen molar-refractivity contribution in [2.24, 2.45) is 0 Å². The SMILES string of the molecule is Cc1cc(C)c(C(=O)Nc2cccc(C)c2C)cc1N. The highest BCUT2D eigenvalue weighted by molar-refractivity contribution is 6.06. The number of benzene rings is 2. The first-order valence-electron chi connectivity index (χ1n) is 6.64. The predicted octanol–water partition coefficient (Wildman–Crippen LogP) is 3.75. The molecule has 3 nitrogen and oxygen atoms in total. The van der Waals surface area contributed by atoms with E-state index in [0.29, 0.717) is 11.3 Å². The second kappa shape index (κ2) is 5.37. The van der Waals surface area contributed by atoms with Crippen LogP contribution in [-0.4, -0.2) is 5.91 Å². The van der Waals surface area contributed by atoms with Crippen LogP contribution < -0.4 is 11.1 Å². The molecule has 1 amide bonds. The summed E-state index contributed by atoms with van der Waals surface area (Å²) in [6.45, 7) is 7.89. The lowest BCUT2D eigenvalue weighted by molar-refractivity contribution is 0.102. The molecular formula is C17H20N2O. The fourth-order valence-corrected chi connectivity index (χ4v) is 2.19. The summed E-state index contributed by atoms with van der Waals surface area (Å²) in [5, 5.41) is 2.96. The van der Waals surface area contributed by atoms with Crippen molar-refractivity contribution in [3.05, 3.63) is 58.1 Å². The van der Waals surface area contributed by atoms with Crippen LogP contribution in [-0.2, 0) is 0 Å². The smallest absolute Gasteiger partial charge is 0.256 e. The normalized spacial score (nSPS) is 10.4. The van der Waals surface area contributed by atoms with Gasteiger partial charge in [-0.3, -0.25) is 4.79 Å². The molecule has 0 spiro atoms. The quantitative estimate of drug-likeness (QED) is 0.815. The van der Waals surface area contributed by atoms with Crippen molar-refractivity contribution in [1.82, 2.24) is 0 Å². The molecule has 2 aromatic carbocycles. The summed E-state index contributed by atoms with van der Waals surface area (Å²) < 4.78 is 0. The van der Waals surface area contributed by atoms with E-state index in [4.69, 9.17) is 5.73 Å². The van der Waals surface area contributed by atoms with Crippen LogP contribution in [0.25, 0.3) is 0 Å². The Morgan fingerprint density at radius 2 is 1.70 bits per heavy atom. The van der Waals surface area contributed by atoms with Crippen LogP contribution in [0.4, 0.5) is 11.4 Å². The van der Waals surface area contributed by atoms with Crippen molar-refractivity contribution < 1.29 is 4.79 Å². The van der Waals surface area contributed by atoms with E-state index in [9.17, 15) is 4.79 Å². The van der Waals surface area contributed by atoms with Crippen molar-refractivity contribution in [3.63, 3.8) is 0 Å². The predicted molar refractivity (Wildman–Crippen MR) is 84.2 cm³/mol. The van der Waals surface area contributed by atoms with E-state index < -0.39 is 0 Å². The molecule has 2 aromatic rings. The van der Waals surface area contributed by atoms with Gasteiger partial charge in [0, 0.05) is 16.9 Å². The summed E-state index contributed by atoms with van der Waals surface area (Å²) >= 11 is 0. The lowest BCUT2D eigenvalue weighted by Crippen LogP contribution is -2.15. The molecule has 0 heterocycles. The van der Waals surface area contributed by atoms with Gasteiger partial charge in [0.05, 0.1) is 0 Å². The molecule has 0 aromatic heterocycles. The maximum atomic E-state index is 12.4. The highest BCUT2D eigenvalue weighted by atomic mass is 16.1. The number of aryl methyl sites for hydroxylation is 3. The number of hydrogen-bond donors (Lipinski definition) is 2. The number of nitrogens with one attached hydrogen (secondary N) is 1. The van der Waals surface area contributed by atoms with Crippen LogP contribution in [0, 0.1) is 27.7 Å². The van der Waals surface area contributed by atoms with Crippen LogP contribution in [0.5, 0.6) is 0 Å². The van der Waals surface area contributed by atoms with Gasteiger partial charge in [0.1, 0.15) is 0 Å². The average molecular weight is 268 g/mol. The van der Waals surface area contributed by atoms with Gasteiger partial charge in [0.25, 0.3) is 5.91 Å². The molecule has 0 fully saturated rings. The Morgan fingerprint density at radius 3 is 2.40 bits per heavy atom. The zero-order valence-corrected chi connectivity index (χ0v) is 12.4. The van der Waals surface area contributed by atoms with Gasteiger partial charge in [0.2, 0.25) is 0 Å². The van der Waals surface area contributed by atoms with Gasteiger partial charge in [-0.05, 0) is 62.1 Å². The third kappa shape index (κ3) is 2.67. The summed E-state index contributed by atoms with van der Waals surface area (Å²) in [6, 6.07) is 9.56. The number of nitrogens with two attached hydrogens (primary N) is 1. The largest absolute Gasteiger partial charge is 0.398 e. The molecule has 0 bridgehead atoms. The highest BCUT2D eigenvalue weighted by Gasteiger charge is 2.12. The van der Waals surface area contributed by atoms with E-state index in [-0.39, 0.29) is 5.91 Å². The maximum absolute atomic E-state index is 12.4. The molecule has 3 heteroatoms. The number of carbonyl (C=O) groups excluding carboxylic acids is 1. The molecule has 0 aliphatic heterocycles. The molecule has 0 radical (unpaired) electrons. The minimum absolute atomic E-state index is 0.122. The van der Waals surface area contributed by atoms with Crippen molar-refractivity contribution in [1.29, 1.82) is 0 Å². The summed E-state index contributed by atoms with van der Waals surface area (Å²) in [4.78, 5) is 12.4. The third-order valence-corrected chi connectivity index (χ3v) is 3.71. The lowest BCUT2D eigenvalue weighted by Gasteiger charge is -2.13. The van der Waals surface area contributed by atoms with Crippen LogP contribution in [0.1, 0.15) is 32.6 Å². The standard InChI is InChI=1S/C17H20N2O/c1-10-6-5-7-16(13(10)4)19-17(20)14-9-15(18)12(3)8-11(14)2/h5-9H,18H2,1-4H3,(H,19,20). The first-order valence-corrected chi connectivity index (χ1v) is 6.64. The third-order valence-electron chi connectivity index (χ3n) is 3.71. The van der Waals surface area contributed by atoms with Crippen LogP contribution in [0.15, 0.2) is 30.3 Å². The Morgan fingerprint density at radius 1 is 1.00 bits per heavy atom. The molecule has 2 rings (SSSR count). The summed E-state index contributed by atoms with van der Waals surface area (Å²) in [5.41, 5.74) is 12.2. The Kier molecular flexibility index (Phi) is 3.79. The number of amides is 1. The molecule has 0 aliphatic rings. The van der Waals surface area contributed by atoms with Crippen LogP contribution >= 0.6 is 0 Å². The molecule has 104 valence electrons. The summed E-state index contributed by atoms with van der Waals surface area (Å²) in [5.74, 6) is -0.122. The molecule has 0 aliphatic carbocycles. The molecule has 0 saturated heterocycles. The fourth-order valence-electron chi connectivity index (χ4n) is 2.19.